The zero-order valence-corrected chi connectivity index (χ0v) is 14.9. The highest BCUT2D eigenvalue weighted by Crippen LogP contribution is 2.28. The molecule has 3 nitrogen and oxygen atoms in total. The number of para-hydroxylation sites is 1. The normalized spacial score (nSPS) is 11.2. The van der Waals surface area contributed by atoms with Crippen molar-refractivity contribution in [1.82, 2.24) is 4.57 Å². The fourth-order valence-corrected chi connectivity index (χ4v) is 3.13. The molecule has 122 valence electrons. The van der Waals surface area contributed by atoms with Crippen LogP contribution in [0.15, 0.2) is 59.7 Å². The lowest BCUT2D eigenvalue weighted by Crippen LogP contribution is -2.00. The van der Waals surface area contributed by atoms with Gasteiger partial charge in [0.15, 0.2) is 0 Å². The molecule has 1 aromatic heterocycles. The number of nitrogens with zero attached hydrogens (tertiary/aromatic N) is 2. The van der Waals surface area contributed by atoms with Crippen LogP contribution in [-0.2, 0) is 0 Å². The van der Waals surface area contributed by atoms with Crippen LogP contribution in [0, 0.1) is 13.8 Å². The smallest absolute Gasteiger partial charge is 0.0661 e. The number of anilines is 1. The van der Waals surface area contributed by atoms with Crippen LogP contribution in [0.1, 0.15) is 17.0 Å². The van der Waals surface area contributed by atoms with E-state index in [2.05, 4.69) is 21.2 Å². The Balaban J connectivity index is 1.89. The molecule has 0 aliphatic carbocycles. The van der Waals surface area contributed by atoms with Crippen LogP contribution in [-0.4, -0.2) is 10.8 Å². The molecule has 3 rings (SSSR count). The van der Waals surface area contributed by atoms with E-state index in [9.17, 15) is 0 Å². The van der Waals surface area contributed by atoms with Crippen molar-refractivity contribution in [3.05, 3.63) is 81.6 Å². The van der Waals surface area contributed by atoms with Crippen LogP contribution in [0.2, 0.25) is 10.0 Å². The molecule has 24 heavy (non-hydrogen) atoms. The first kappa shape index (κ1) is 16.6. The van der Waals surface area contributed by atoms with Gasteiger partial charge >= 0.3 is 0 Å². The van der Waals surface area contributed by atoms with Gasteiger partial charge in [0.1, 0.15) is 0 Å². The molecule has 2 aromatic carbocycles. The molecule has 0 aliphatic heterocycles. The second kappa shape index (κ2) is 7.12. The summed E-state index contributed by atoms with van der Waals surface area (Å²) in [7, 11) is 0. The average Bonchev–Trinajstić information content (AvgIpc) is 2.83. The molecule has 3 aromatic rings. The fraction of sp³-hybridized carbons (Fsp3) is 0.105. The summed E-state index contributed by atoms with van der Waals surface area (Å²) >= 11 is 12.3. The molecule has 0 saturated heterocycles. The number of rotatable bonds is 4. The molecular formula is C19H17Cl2N3. The highest BCUT2D eigenvalue weighted by molar-refractivity contribution is 6.35. The molecule has 0 unspecified atom stereocenters. The second-order valence-electron chi connectivity index (χ2n) is 5.49. The van der Waals surface area contributed by atoms with Gasteiger partial charge in [-0.25, -0.2) is 0 Å². The van der Waals surface area contributed by atoms with Gasteiger partial charge in [-0.1, -0.05) is 41.4 Å². The number of hydrazone groups is 1. The van der Waals surface area contributed by atoms with Crippen molar-refractivity contribution in [1.29, 1.82) is 0 Å². The third-order valence-electron chi connectivity index (χ3n) is 3.79. The number of aromatic nitrogens is 1. The van der Waals surface area contributed by atoms with E-state index >= 15 is 0 Å². The first-order valence-electron chi connectivity index (χ1n) is 7.55. The fourth-order valence-electron chi connectivity index (χ4n) is 2.64. The summed E-state index contributed by atoms with van der Waals surface area (Å²) in [6, 6.07) is 17.4. The number of hydrogen-bond donors (Lipinski definition) is 1. The van der Waals surface area contributed by atoms with E-state index in [0.29, 0.717) is 10.0 Å². The van der Waals surface area contributed by atoms with Crippen molar-refractivity contribution >= 4 is 35.1 Å². The lowest BCUT2D eigenvalue weighted by Gasteiger charge is -2.11. The van der Waals surface area contributed by atoms with Gasteiger partial charge in [-0.15, -0.1) is 0 Å². The molecule has 0 atom stereocenters. The molecule has 0 saturated carbocycles. The predicted octanol–water partition coefficient (Wildman–Crippen LogP) is 5.85. The monoisotopic (exact) mass is 357 g/mol. The van der Waals surface area contributed by atoms with Crippen molar-refractivity contribution in [2.24, 2.45) is 5.10 Å². The first-order chi connectivity index (χ1) is 11.6. The van der Waals surface area contributed by atoms with Crippen LogP contribution < -0.4 is 5.43 Å². The molecule has 0 fully saturated rings. The Kier molecular flexibility index (Phi) is 4.93. The molecule has 0 amide bonds. The third kappa shape index (κ3) is 3.48. The molecule has 0 radical (unpaired) electrons. The van der Waals surface area contributed by atoms with Gasteiger partial charge in [0, 0.05) is 22.0 Å². The highest BCUT2D eigenvalue weighted by atomic mass is 35.5. The van der Waals surface area contributed by atoms with Gasteiger partial charge in [0.25, 0.3) is 0 Å². The van der Waals surface area contributed by atoms with Gasteiger partial charge < -0.3 is 4.57 Å². The lowest BCUT2D eigenvalue weighted by atomic mass is 10.2. The predicted molar refractivity (Wildman–Crippen MR) is 103 cm³/mol. The molecule has 1 heterocycles. The average molecular weight is 358 g/mol. The Morgan fingerprint density at radius 3 is 2.46 bits per heavy atom. The van der Waals surface area contributed by atoms with Crippen molar-refractivity contribution in [2.45, 2.75) is 13.8 Å². The summed E-state index contributed by atoms with van der Waals surface area (Å²) in [4.78, 5) is 0. The zero-order valence-electron chi connectivity index (χ0n) is 13.4. The lowest BCUT2D eigenvalue weighted by molar-refractivity contribution is 0.965. The molecule has 0 spiro atoms. The van der Waals surface area contributed by atoms with Crippen molar-refractivity contribution < 1.29 is 0 Å². The molecule has 0 bridgehead atoms. The first-order valence-corrected chi connectivity index (χ1v) is 8.30. The van der Waals surface area contributed by atoms with Crippen LogP contribution in [0.4, 0.5) is 5.69 Å². The van der Waals surface area contributed by atoms with Gasteiger partial charge in [-0.05, 0) is 50.2 Å². The number of nitrogens with one attached hydrogen (secondary N) is 1. The summed E-state index contributed by atoms with van der Waals surface area (Å²) in [5.41, 5.74) is 8.06. The maximum atomic E-state index is 6.35. The quantitative estimate of drug-likeness (QED) is 0.460. The Morgan fingerprint density at radius 2 is 1.75 bits per heavy atom. The molecule has 1 N–H and O–H groups in total. The van der Waals surface area contributed by atoms with Gasteiger partial charge in [0.2, 0.25) is 0 Å². The summed E-state index contributed by atoms with van der Waals surface area (Å²) < 4.78 is 2.10. The van der Waals surface area contributed by atoms with Gasteiger partial charge in [0.05, 0.1) is 22.6 Å². The van der Waals surface area contributed by atoms with Gasteiger partial charge in [-0.2, -0.15) is 5.10 Å². The number of hydrogen-bond acceptors (Lipinski definition) is 2. The molecule has 0 aliphatic rings. The summed E-state index contributed by atoms with van der Waals surface area (Å²) in [6.45, 7) is 4.09. The Bertz CT molecular complexity index is 883. The van der Waals surface area contributed by atoms with E-state index in [1.807, 2.05) is 62.5 Å². The topological polar surface area (TPSA) is 29.3 Å². The minimum atomic E-state index is 0.621. The van der Waals surface area contributed by atoms with E-state index in [0.717, 1.165) is 28.3 Å². The van der Waals surface area contributed by atoms with E-state index < -0.39 is 0 Å². The maximum absolute atomic E-state index is 6.35. The van der Waals surface area contributed by atoms with Crippen molar-refractivity contribution in [3.8, 4) is 5.69 Å². The SMILES string of the molecule is Cc1cc(/C=N\Nc2ccccc2)c(C)n1-c1ccc(Cl)cc1Cl. The Hall–Kier alpha value is -2.23. The van der Waals surface area contributed by atoms with E-state index in [1.165, 1.54) is 0 Å². The summed E-state index contributed by atoms with van der Waals surface area (Å²) in [6.07, 6.45) is 1.82. The summed E-state index contributed by atoms with van der Waals surface area (Å²) in [5.74, 6) is 0. The zero-order chi connectivity index (χ0) is 17.1. The van der Waals surface area contributed by atoms with Crippen LogP contribution >= 0.6 is 23.2 Å². The number of halogens is 2. The van der Waals surface area contributed by atoms with Crippen molar-refractivity contribution in [2.75, 3.05) is 5.43 Å². The van der Waals surface area contributed by atoms with Crippen LogP contribution in [0.3, 0.4) is 0 Å². The van der Waals surface area contributed by atoms with Crippen LogP contribution in [0.5, 0.6) is 0 Å². The van der Waals surface area contributed by atoms with E-state index in [4.69, 9.17) is 23.2 Å². The minimum Gasteiger partial charge on any atom is -0.316 e. The molecule has 5 heteroatoms. The maximum Gasteiger partial charge on any atom is 0.0661 e. The van der Waals surface area contributed by atoms with Gasteiger partial charge in [-0.3, -0.25) is 5.43 Å². The Morgan fingerprint density at radius 1 is 1.00 bits per heavy atom. The largest absolute Gasteiger partial charge is 0.316 e. The number of benzene rings is 2. The van der Waals surface area contributed by atoms with E-state index in [-0.39, 0.29) is 0 Å². The Labute approximate surface area is 151 Å². The minimum absolute atomic E-state index is 0.621. The standard InChI is InChI=1S/C19H17Cl2N3/c1-13-10-15(12-22-23-17-6-4-3-5-7-17)14(2)24(13)19-9-8-16(20)11-18(19)21/h3-12,23H,1-2H3/b22-12-. The molecular weight excluding hydrogens is 341 g/mol. The highest BCUT2D eigenvalue weighted by Gasteiger charge is 2.12. The van der Waals surface area contributed by atoms with Crippen molar-refractivity contribution in [3.63, 3.8) is 0 Å². The van der Waals surface area contributed by atoms with E-state index in [1.54, 1.807) is 6.07 Å². The third-order valence-corrected chi connectivity index (χ3v) is 4.33. The summed E-state index contributed by atoms with van der Waals surface area (Å²) in [5, 5.41) is 5.56. The second-order valence-corrected chi connectivity index (χ2v) is 6.34. The van der Waals surface area contributed by atoms with Crippen LogP contribution in [0.25, 0.3) is 5.69 Å². The number of aryl methyl sites for hydroxylation is 1.